The Bertz CT molecular complexity index is 963. The molecule has 1 aromatic heterocycles. The molecule has 0 N–H and O–H groups in total. The van der Waals surface area contributed by atoms with E-state index < -0.39 is 0 Å². The third-order valence-corrected chi connectivity index (χ3v) is 4.84. The number of imidazole rings is 1. The van der Waals surface area contributed by atoms with Gasteiger partial charge < -0.3 is 9.47 Å². The van der Waals surface area contributed by atoms with E-state index in [9.17, 15) is 9.18 Å². The van der Waals surface area contributed by atoms with Gasteiger partial charge in [0.2, 0.25) is 5.91 Å². The highest BCUT2D eigenvalue weighted by Gasteiger charge is 2.35. The monoisotopic (exact) mass is 351 g/mol. The fraction of sp³-hybridized carbons (Fsp3) is 0.333. The molecule has 2 aromatic carbocycles. The Morgan fingerprint density at radius 3 is 2.77 bits per heavy atom. The third-order valence-electron chi connectivity index (χ3n) is 4.84. The number of carbonyl (C=O) groups excluding carboxylic acids is 1. The summed E-state index contributed by atoms with van der Waals surface area (Å²) in [4.78, 5) is 19.1. The van der Waals surface area contributed by atoms with Crippen LogP contribution in [-0.4, -0.2) is 22.0 Å². The average molecular weight is 351 g/mol. The van der Waals surface area contributed by atoms with Gasteiger partial charge in [-0.2, -0.15) is 0 Å². The molecule has 0 spiro atoms. The number of hydrogen-bond acceptors (Lipinski definition) is 2. The zero-order chi connectivity index (χ0) is 18.3. The molecule has 0 aliphatic carbocycles. The summed E-state index contributed by atoms with van der Waals surface area (Å²) in [6.07, 6.45) is 0.401. The standard InChI is InChI=1S/C21H22FN3O/c1-14(2)12-25-19-9-4-3-8-18(19)23-21(25)15-10-20(26)24(13-15)17-7-5-6-16(22)11-17/h3-9,11,14-15H,10,12-13H2,1-2H3. The Kier molecular flexibility index (Phi) is 4.23. The number of hydrogen-bond donors (Lipinski definition) is 0. The second-order valence-corrected chi connectivity index (χ2v) is 7.35. The molecule has 3 aromatic rings. The Balaban J connectivity index is 1.71. The van der Waals surface area contributed by atoms with Crippen LogP contribution in [0.2, 0.25) is 0 Å². The molecule has 26 heavy (non-hydrogen) atoms. The number of fused-ring (bicyclic) bond motifs is 1. The maximum Gasteiger partial charge on any atom is 0.227 e. The van der Waals surface area contributed by atoms with E-state index in [0.717, 1.165) is 23.4 Å². The summed E-state index contributed by atoms with van der Waals surface area (Å²) >= 11 is 0. The Labute approximate surface area is 152 Å². The van der Waals surface area contributed by atoms with Crippen molar-refractivity contribution in [3.63, 3.8) is 0 Å². The molecule has 2 heterocycles. The number of aromatic nitrogens is 2. The van der Waals surface area contributed by atoms with Crippen LogP contribution in [0.5, 0.6) is 0 Å². The minimum atomic E-state index is -0.328. The summed E-state index contributed by atoms with van der Waals surface area (Å²) in [6.45, 7) is 5.75. The Morgan fingerprint density at radius 1 is 1.19 bits per heavy atom. The van der Waals surface area contributed by atoms with E-state index in [2.05, 4.69) is 24.5 Å². The lowest BCUT2D eigenvalue weighted by Gasteiger charge is -2.18. The quantitative estimate of drug-likeness (QED) is 0.701. The minimum absolute atomic E-state index is 0.0110. The van der Waals surface area contributed by atoms with Gasteiger partial charge in [0.15, 0.2) is 0 Å². The minimum Gasteiger partial charge on any atom is -0.327 e. The van der Waals surface area contributed by atoms with Crippen LogP contribution < -0.4 is 4.90 Å². The highest BCUT2D eigenvalue weighted by atomic mass is 19.1. The van der Waals surface area contributed by atoms with E-state index >= 15 is 0 Å². The first kappa shape index (κ1) is 16.8. The van der Waals surface area contributed by atoms with Crippen LogP contribution in [0.15, 0.2) is 48.5 Å². The van der Waals surface area contributed by atoms with Crippen LogP contribution >= 0.6 is 0 Å². The molecule has 1 fully saturated rings. The molecule has 1 aliphatic rings. The second-order valence-electron chi connectivity index (χ2n) is 7.35. The van der Waals surface area contributed by atoms with Gasteiger partial charge in [-0.25, -0.2) is 9.37 Å². The van der Waals surface area contributed by atoms with Gasteiger partial charge in [0, 0.05) is 31.1 Å². The van der Waals surface area contributed by atoms with E-state index in [0.29, 0.717) is 24.6 Å². The van der Waals surface area contributed by atoms with Gasteiger partial charge in [-0.1, -0.05) is 32.0 Å². The van der Waals surface area contributed by atoms with Crippen molar-refractivity contribution in [2.45, 2.75) is 32.7 Å². The molecule has 0 bridgehead atoms. The zero-order valence-corrected chi connectivity index (χ0v) is 15.0. The molecule has 1 amide bonds. The van der Waals surface area contributed by atoms with Crippen molar-refractivity contribution in [3.8, 4) is 0 Å². The first-order valence-corrected chi connectivity index (χ1v) is 9.04. The number of rotatable bonds is 4. The van der Waals surface area contributed by atoms with Crippen molar-refractivity contribution in [2.75, 3.05) is 11.4 Å². The molecule has 1 unspecified atom stereocenters. The number of halogens is 1. The predicted molar refractivity (Wildman–Crippen MR) is 101 cm³/mol. The predicted octanol–water partition coefficient (Wildman–Crippen LogP) is 4.35. The smallest absolute Gasteiger partial charge is 0.227 e. The van der Waals surface area contributed by atoms with Gasteiger partial charge in [0.05, 0.1) is 11.0 Å². The van der Waals surface area contributed by atoms with E-state index in [4.69, 9.17) is 4.98 Å². The van der Waals surface area contributed by atoms with Crippen molar-refractivity contribution >= 4 is 22.6 Å². The van der Waals surface area contributed by atoms with Crippen LogP contribution in [-0.2, 0) is 11.3 Å². The van der Waals surface area contributed by atoms with E-state index in [1.165, 1.54) is 12.1 Å². The van der Waals surface area contributed by atoms with Gasteiger partial charge in [-0.3, -0.25) is 4.79 Å². The van der Waals surface area contributed by atoms with Crippen LogP contribution in [0.4, 0.5) is 10.1 Å². The highest BCUT2D eigenvalue weighted by molar-refractivity contribution is 5.96. The fourth-order valence-corrected chi connectivity index (χ4v) is 3.74. The molecule has 0 radical (unpaired) electrons. The van der Waals surface area contributed by atoms with Crippen LogP contribution in [0, 0.1) is 11.7 Å². The topological polar surface area (TPSA) is 38.1 Å². The summed E-state index contributed by atoms with van der Waals surface area (Å²) in [5.74, 6) is 1.13. The third kappa shape index (κ3) is 2.98. The molecule has 1 aliphatic heterocycles. The lowest BCUT2D eigenvalue weighted by atomic mass is 10.1. The normalized spacial score (nSPS) is 17.6. The van der Waals surface area contributed by atoms with Gasteiger partial charge in [-0.15, -0.1) is 0 Å². The van der Waals surface area contributed by atoms with Crippen molar-refractivity contribution in [1.82, 2.24) is 9.55 Å². The molecule has 0 saturated carbocycles. The molecule has 4 rings (SSSR count). The van der Waals surface area contributed by atoms with Gasteiger partial charge in [-0.05, 0) is 36.2 Å². The largest absolute Gasteiger partial charge is 0.327 e. The Morgan fingerprint density at radius 2 is 2.00 bits per heavy atom. The average Bonchev–Trinajstić information content (AvgIpc) is 3.16. The molecule has 5 heteroatoms. The fourth-order valence-electron chi connectivity index (χ4n) is 3.74. The van der Waals surface area contributed by atoms with Crippen LogP contribution in [0.3, 0.4) is 0 Å². The van der Waals surface area contributed by atoms with E-state index in [1.54, 1.807) is 17.0 Å². The number of para-hydroxylation sites is 2. The summed E-state index contributed by atoms with van der Waals surface area (Å²) in [6, 6.07) is 14.3. The SMILES string of the molecule is CC(C)Cn1c(C2CC(=O)N(c3cccc(F)c3)C2)nc2ccccc21. The maximum atomic E-state index is 13.6. The molecule has 134 valence electrons. The Hall–Kier alpha value is -2.69. The van der Waals surface area contributed by atoms with Crippen molar-refractivity contribution in [1.29, 1.82) is 0 Å². The first-order chi connectivity index (χ1) is 12.5. The molecule has 4 nitrogen and oxygen atoms in total. The number of benzene rings is 2. The second kappa shape index (κ2) is 6.56. The number of carbonyl (C=O) groups is 1. The van der Waals surface area contributed by atoms with Crippen molar-refractivity contribution in [3.05, 3.63) is 60.2 Å². The molecular formula is C21H22FN3O. The summed E-state index contributed by atoms with van der Waals surface area (Å²) < 4.78 is 15.8. The summed E-state index contributed by atoms with van der Waals surface area (Å²) in [5.41, 5.74) is 2.68. The number of amides is 1. The summed E-state index contributed by atoms with van der Waals surface area (Å²) in [7, 11) is 0. The van der Waals surface area contributed by atoms with Crippen molar-refractivity contribution < 1.29 is 9.18 Å². The molecular weight excluding hydrogens is 329 g/mol. The number of anilines is 1. The van der Waals surface area contributed by atoms with Crippen LogP contribution in [0.1, 0.15) is 32.0 Å². The lowest BCUT2D eigenvalue weighted by molar-refractivity contribution is -0.117. The van der Waals surface area contributed by atoms with Gasteiger partial charge >= 0.3 is 0 Å². The zero-order valence-electron chi connectivity index (χ0n) is 15.0. The number of nitrogens with zero attached hydrogens (tertiary/aromatic N) is 3. The maximum absolute atomic E-state index is 13.6. The lowest BCUT2D eigenvalue weighted by Crippen LogP contribution is -2.24. The highest BCUT2D eigenvalue weighted by Crippen LogP contribution is 2.33. The van der Waals surface area contributed by atoms with E-state index in [-0.39, 0.29) is 17.6 Å². The first-order valence-electron chi connectivity index (χ1n) is 9.04. The van der Waals surface area contributed by atoms with Gasteiger partial charge in [0.1, 0.15) is 11.6 Å². The van der Waals surface area contributed by atoms with E-state index in [1.807, 2.05) is 18.2 Å². The van der Waals surface area contributed by atoms with Crippen molar-refractivity contribution in [2.24, 2.45) is 5.92 Å². The molecule has 1 saturated heterocycles. The van der Waals surface area contributed by atoms with Crippen LogP contribution in [0.25, 0.3) is 11.0 Å². The van der Waals surface area contributed by atoms with Gasteiger partial charge in [0.25, 0.3) is 0 Å². The molecule has 1 atom stereocenters. The summed E-state index contributed by atoms with van der Waals surface area (Å²) in [5, 5.41) is 0.